The van der Waals surface area contributed by atoms with Crippen LogP contribution in [0.2, 0.25) is 0 Å². The molecule has 1 fully saturated rings. The molecule has 1 amide bonds. The summed E-state index contributed by atoms with van der Waals surface area (Å²) in [5, 5.41) is 7.41. The molecule has 2 aromatic carbocycles. The first-order valence-corrected chi connectivity index (χ1v) is 11.1. The molecule has 2 aliphatic rings. The Morgan fingerprint density at radius 3 is 2.72 bits per heavy atom. The molecule has 3 aromatic rings. The van der Waals surface area contributed by atoms with Crippen LogP contribution in [-0.4, -0.2) is 46.1 Å². The van der Waals surface area contributed by atoms with Gasteiger partial charge in [-0.3, -0.25) is 9.69 Å². The summed E-state index contributed by atoms with van der Waals surface area (Å²) in [5.41, 5.74) is 3.16. The van der Waals surface area contributed by atoms with E-state index in [2.05, 4.69) is 40.3 Å². The maximum Gasteiger partial charge on any atom is 0.256 e. The highest BCUT2D eigenvalue weighted by Gasteiger charge is 2.30. The summed E-state index contributed by atoms with van der Waals surface area (Å²) in [4.78, 5) is 20.2. The third kappa shape index (κ3) is 3.82. The van der Waals surface area contributed by atoms with Gasteiger partial charge in [0, 0.05) is 6.42 Å². The molecular formula is C23H24N4OS. The molecule has 2 aliphatic heterocycles. The second-order valence-corrected chi connectivity index (χ2v) is 8.74. The second kappa shape index (κ2) is 8.05. The number of carbonyl (C=O) groups excluding carboxylic acids is 1. The van der Waals surface area contributed by atoms with E-state index in [0.29, 0.717) is 13.1 Å². The normalized spacial score (nSPS) is 20.2. The van der Waals surface area contributed by atoms with E-state index < -0.39 is 0 Å². The highest BCUT2D eigenvalue weighted by atomic mass is 32.1. The molecule has 1 atom stereocenters. The van der Waals surface area contributed by atoms with Crippen LogP contribution in [-0.2, 0) is 4.79 Å². The van der Waals surface area contributed by atoms with E-state index in [1.54, 1.807) is 16.3 Å². The van der Waals surface area contributed by atoms with Gasteiger partial charge in [0.1, 0.15) is 5.01 Å². The van der Waals surface area contributed by atoms with Gasteiger partial charge in [0.15, 0.2) is 0 Å². The molecule has 29 heavy (non-hydrogen) atoms. The number of amides is 1. The fourth-order valence-electron chi connectivity index (χ4n) is 4.22. The van der Waals surface area contributed by atoms with E-state index in [4.69, 9.17) is 4.98 Å². The van der Waals surface area contributed by atoms with Crippen LogP contribution in [0.3, 0.4) is 0 Å². The molecule has 0 saturated carbocycles. The van der Waals surface area contributed by atoms with E-state index in [1.165, 1.54) is 11.1 Å². The fourth-order valence-corrected chi connectivity index (χ4v) is 5.36. The Bertz CT molecular complexity index is 1010. The average molecular weight is 405 g/mol. The number of hydrogen-bond donors (Lipinski definition) is 0. The van der Waals surface area contributed by atoms with Crippen LogP contribution in [0, 0.1) is 0 Å². The zero-order valence-electron chi connectivity index (χ0n) is 16.3. The lowest BCUT2D eigenvalue weighted by Gasteiger charge is -2.34. The van der Waals surface area contributed by atoms with Crippen LogP contribution < -0.4 is 0 Å². The van der Waals surface area contributed by atoms with Crippen molar-refractivity contribution < 1.29 is 4.79 Å². The number of thiazole rings is 1. The van der Waals surface area contributed by atoms with Gasteiger partial charge < -0.3 is 0 Å². The number of hydrazone groups is 1. The number of likely N-dealkylation sites (tertiary alicyclic amines) is 1. The molecule has 1 aromatic heterocycles. The van der Waals surface area contributed by atoms with E-state index >= 15 is 0 Å². The average Bonchev–Trinajstić information content (AvgIpc) is 3.42. The Balaban J connectivity index is 1.32. The smallest absolute Gasteiger partial charge is 0.256 e. The number of aromatic nitrogens is 1. The zero-order chi connectivity index (χ0) is 19.6. The minimum Gasteiger partial charge on any atom is -0.285 e. The van der Waals surface area contributed by atoms with Crippen LogP contribution >= 0.6 is 11.3 Å². The van der Waals surface area contributed by atoms with Gasteiger partial charge >= 0.3 is 0 Å². The molecule has 1 saturated heterocycles. The number of carbonyl (C=O) groups is 1. The van der Waals surface area contributed by atoms with Crippen molar-refractivity contribution in [1.82, 2.24) is 14.9 Å². The van der Waals surface area contributed by atoms with Gasteiger partial charge in [0.2, 0.25) is 0 Å². The minimum atomic E-state index is 0.0870. The fraction of sp³-hybridized carbons (Fsp3) is 0.348. The number of benzene rings is 2. The highest BCUT2D eigenvalue weighted by Crippen LogP contribution is 2.35. The second-order valence-electron chi connectivity index (χ2n) is 7.68. The number of rotatable bonds is 4. The zero-order valence-corrected chi connectivity index (χ0v) is 17.1. The summed E-state index contributed by atoms with van der Waals surface area (Å²) in [6.45, 7) is 2.02. The van der Waals surface area contributed by atoms with Crippen molar-refractivity contribution in [2.75, 3.05) is 19.6 Å². The number of para-hydroxylation sites is 1. The molecule has 0 N–H and O–H groups in total. The van der Waals surface area contributed by atoms with E-state index in [-0.39, 0.29) is 11.9 Å². The largest absolute Gasteiger partial charge is 0.285 e. The van der Waals surface area contributed by atoms with Gasteiger partial charge in [-0.25, -0.2) is 9.99 Å². The monoisotopic (exact) mass is 404 g/mol. The topological polar surface area (TPSA) is 48.8 Å². The van der Waals surface area contributed by atoms with Crippen molar-refractivity contribution >= 4 is 33.2 Å². The maximum atomic E-state index is 13.0. The van der Waals surface area contributed by atoms with E-state index in [9.17, 15) is 4.79 Å². The van der Waals surface area contributed by atoms with E-state index in [1.807, 2.05) is 24.3 Å². The van der Waals surface area contributed by atoms with E-state index in [0.717, 1.165) is 47.6 Å². The van der Waals surface area contributed by atoms with Crippen molar-refractivity contribution in [3.63, 3.8) is 0 Å². The molecule has 148 valence electrons. The lowest BCUT2D eigenvalue weighted by molar-refractivity contribution is -0.133. The van der Waals surface area contributed by atoms with Gasteiger partial charge in [-0.2, -0.15) is 5.10 Å². The molecule has 6 heteroatoms. The van der Waals surface area contributed by atoms with Gasteiger partial charge in [-0.15, -0.1) is 11.3 Å². The van der Waals surface area contributed by atoms with Crippen molar-refractivity contribution in [2.24, 2.45) is 5.10 Å². The molecule has 0 aliphatic carbocycles. The predicted octanol–water partition coefficient (Wildman–Crippen LogP) is 4.46. The Hall–Kier alpha value is -2.57. The van der Waals surface area contributed by atoms with Crippen molar-refractivity contribution in [3.05, 3.63) is 65.2 Å². The Morgan fingerprint density at radius 2 is 1.86 bits per heavy atom. The maximum absolute atomic E-state index is 13.0. The van der Waals surface area contributed by atoms with Crippen LogP contribution in [0.4, 0.5) is 0 Å². The summed E-state index contributed by atoms with van der Waals surface area (Å²) in [6.07, 6.45) is 4.20. The Kier molecular flexibility index (Phi) is 5.12. The van der Waals surface area contributed by atoms with Gasteiger partial charge in [-0.1, -0.05) is 48.9 Å². The molecule has 0 bridgehead atoms. The molecule has 0 spiro atoms. The SMILES string of the molecule is O=C(CN1CCCC[C@H]1c1nc2ccccc2s1)N1CCC(c2ccccc2)=N1. The van der Waals surface area contributed by atoms with Gasteiger partial charge in [0.25, 0.3) is 5.91 Å². The summed E-state index contributed by atoms with van der Waals surface area (Å²) in [7, 11) is 0. The molecule has 5 nitrogen and oxygen atoms in total. The first kappa shape index (κ1) is 18.5. The molecule has 3 heterocycles. The third-order valence-electron chi connectivity index (χ3n) is 5.74. The Labute approximate surface area is 174 Å². The number of piperidine rings is 1. The van der Waals surface area contributed by atoms with Crippen LogP contribution in [0.15, 0.2) is 59.7 Å². The third-order valence-corrected chi connectivity index (χ3v) is 6.88. The summed E-state index contributed by atoms with van der Waals surface area (Å²) >= 11 is 1.76. The number of nitrogens with zero attached hydrogens (tertiary/aromatic N) is 4. The van der Waals surface area contributed by atoms with Crippen molar-refractivity contribution in [3.8, 4) is 0 Å². The quantitative estimate of drug-likeness (QED) is 0.645. The summed E-state index contributed by atoms with van der Waals surface area (Å²) in [6, 6.07) is 18.6. The highest BCUT2D eigenvalue weighted by molar-refractivity contribution is 7.18. The number of fused-ring (bicyclic) bond motifs is 1. The standard InChI is InChI=1S/C23H24N4OS/c28-22(27-15-13-18(25-27)17-8-2-1-3-9-17)16-26-14-7-6-11-20(26)23-24-19-10-4-5-12-21(19)29-23/h1-5,8-10,12,20H,6-7,11,13-16H2/t20-/m0/s1. The van der Waals surface area contributed by atoms with Crippen LogP contribution in [0.25, 0.3) is 10.2 Å². The Morgan fingerprint density at radius 1 is 1.03 bits per heavy atom. The minimum absolute atomic E-state index is 0.0870. The van der Waals surface area contributed by atoms with Gasteiger partial charge in [-0.05, 0) is 37.1 Å². The lowest BCUT2D eigenvalue weighted by atomic mass is 10.0. The van der Waals surface area contributed by atoms with Crippen molar-refractivity contribution in [1.29, 1.82) is 0 Å². The van der Waals surface area contributed by atoms with Crippen LogP contribution in [0.5, 0.6) is 0 Å². The summed E-state index contributed by atoms with van der Waals surface area (Å²) < 4.78 is 1.22. The first-order valence-electron chi connectivity index (χ1n) is 10.3. The molecular weight excluding hydrogens is 380 g/mol. The predicted molar refractivity (Wildman–Crippen MR) is 117 cm³/mol. The first-order chi connectivity index (χ1) is 14.3. The lowest BCUT2D eigenvalue weighted by Crippen LogP contribution is -2.41. The van der Waals surface area contributed by atoms with Crippen LogP contribution in [0.1, 0.15) is 42.3 Å². The van der Waals surface area contributed by atoms with Crippen molar-refractivity contribution in [2.45, 2.75) is 31.7 Å². The summed E-state index contributed by atoms with van der Waals surface area (Å²) in [5.74, 6) is 0.0870. The number of hydrogen-bond acceptors (Lipinski definition) is 5. The molecule has 0 radical (unpaired) electrons. The molecule has 5 rings (SSSR count). The van der Waals surface area contributed by atoms with Gasteiger partial charge in [0.05, 0.1) is 35.1 Å². The molecule has 0 unspecified atom stereocenters.